The molecule has 1 aromatic rings. The van der Waals surface area contributed by atoms with Crippen LogP contribution in [0.5, 0.6) is 5.75 Å². The van der Waals surface area contributed by atoms with Crippen LogP contribution in [0.1, 0.15) is 25.8 Å². The highest BCUT2D eigenvalue weighted by atomic mass is 16.5. The Morgan fingerprint density at radius 1 is 1.37 bits per heavy atom. The van der Waals surface area contributed by atoms with Crippen LogP contribution in [-0.4, -0.2) is 29.8 Å². The molecule has 5 nitrogen and oxygen atoms in total. The van der Waals surface area contributed by atoms with Gasteiger partial charge >= 0.3 is 5.97 Å². The number of rotatable bonds is 8. The summed E-state index contributed by atoms with van der Waals surface area (Å²) in [6.45, 7) is 5.12. The summed E-state index contributed by atoms with van der Waals surface area (Å²) in [5.41, 5.74) is 6.76. The molecule has 0 amide bonds. The lowest BCUT2D eigenvalue weighted by atomic mass is 10.2. The van der Waals surface area contributed by atoms with Gasteiger partial charge in [0.2, 0.25) is 0 Å². The van der Waals surface area contributed by atoms with Crippen LogP contribution in [0.3, 0.4) is 0 Å². The molecule has 0 bridgehead atoms. The maximum Gasteiger partial charge on any atom is 0.304 e. The predicted octanol–water partition coefficient (Wildman–Crippen LogP) is 1.37. The molecule has 5 heteroatoms. The fourth-order valence-electron chi connectivity index (χ4n) is 1.66. The number of nitrogens with one attached hydrogen (secondary N) is 1. The summed E-state index contributed by atoms with van der Waals surface area (Å²) in [7, 11) is 0. The molecule has 1 atom stereocenters. The number of carbonyl (C=O) groups is 1. The summed E-state index contributed by atoms with van der Waals surface area (Å²) < 4.78 is 5.55. The van der Waals surface area contributed by atoms with E-state index in [2.05, 4.69) is 5.32 Å². The molecule has 0 aliphatic rings. The maximum absolute atomic E-state index is 10.4. The Bertz CT molecular complexity index is 390. The minimum Gasteiger partial charge on any atom is -0.491 e. The topological polar surface area (TPSA) is 84.6 Å². The number of hydrogen-bond acceptors (Lipinski definition) is 4. The summed E-state index contributed by atoms with van der Waals surface area (Å²) in [4.78, 5) is 10.4. The number of nitrogens with two attached hydrogens (primary N) is 1. The largest absolute Gasteiger partial charge is 0.491 e. The van der Waals surface area contributed by atoms with E-state index in [1.165, 1.54) is 0 Å². The second kappa shape index (κ2) is 7.76. The molecule has 0 saturated carbocycles. The summed E-state index contributed by atoms with van der Waals surface area (Å²) in [5, 5.41) is 11.7. The van der Waals surface area contributed by atoms with Gasteiger partial charge in [-0.15, -0.1) is 0 Å². The van der Waals surface area contributed by atoms with Crippen LogP contribution in [0, 0.1) is 0 Å². The van der Waals surface area contributed by atoms with E-state index in [9.17, 15) is 4.79 Å². The fraction of sp³-hybridized carbons (Fsp3) is 0.500. The van der Waals surface area contributed by atoms with Crippen molar-refractivity contribution in [2.45, 2.75) is 39.0 Å². The van der Waals surface area contributed by atoms with Crippen molar-refractivity contribution in [3.8, 4) is 5.75 Å². The molecular formula is C14H22N2O3. The fourth-order valence-corrected chi connectivity index (χ4v) is 1.66. The van der Waals surface area contributed by atoms with E-state index >= 15 is 0 Å². The zero-order valence-electron chi connectivity index (χ0n) is 11.4. The van der Waals surface area contributed by atoms with Crippen LogP contribution in [-0.2, 0) is 11.3 Å². The lowest BCUT2D eigenvalue weighted by molar-refractivity contribution is -0.137. The third-order valence-corrected chi connectivity index (χ3v) is 2.47. The van der Waals surface area contributed by atoms with Gasteiger partial charge in [-0.25, -0.2) is 0 Å². The zero-order valence-corrected chi connectivity index (χ0v) is 11.4. The van der Waals surface area contributed by atoms with Crippen LogP contribution < -0.4 is 15.8 Å². The third-order valence-electron chi connectivity index (χ3n) is 2.47. The van der Waals surface area contributed by atoms with E-state index in [1.807, 2.05) is 38.1 Å². The second-order valence-corrected chi connectivity index (χ2v) is 4.80. The Morgan fingerprint density at radius 3 is 2.53 bits per heavy atom. The van der Waals surface area contributed by atoms with E-state index in [1.54, 1.807) is 0 Å². The van der Waals surface area contributed by atoms with E-state index in [0.717, 1.165) is 11.3 Å². The lowest BCUT2D eigenvalue weighted by Gasteiger charge is -2.12. The Morgan fingerprint density at radius 2 is 2.00 bits per heavy atom. The van der Waals surface area contributed by atoms with E-state index < -0.39 is 5.97 Å². The van der Waals surface area contributed by atoms with Gasteiger partial charge in [-0.2, -0.15) is 0 Å². The van der Waals surface area contributed by atoms with Gasteiger partial charge in [0.1, 0.15) is 5.75 Å². The average Bonchev–Trinajstić information content (AvgIpc) is 2.29. The molecule has 4 N–H and O–H groups in total. The van der Waals surface area contributed by atoms with Gasteiger partial charge in [0.25, 0.3) is 0 Å². The van der Waals surface area contributed by atoms with Crippen molar-refractivity contribution in [3.63, 3.8) is 0 Å². The Hall–Kier alpha value is -1.59. The molecule has 1 rings (SSSR count). The zero-order chi connectivity index (χ0) is 14.3. The second-order valence-electron chi connectivity index (χ2n) is 4.80. The molecule has 0 spiro atoms. The number of carboxylic acid groups (broad SMARTS) is 1. The Labute approximate surface area is 113 Å². The van der Waals surface area contributed by atoms with Crippen molar-refractivity contribution in [3.05, 3.63) is 29.8 Å². The first kappa shape index (κ1) is 15.5. The summed E-state index contributed by atoms with van der Waals surface area (Å²) in [6, 6.07) is 7.45. The molecule has 0 radical (unpaired) electrons. The van der Waals surface area contributed by atoms with Gasteiger partial charge in [0, 0.05) is 19.1 Å². The highest BCUT2D eigenvalue weighted by Gasteiger charge is 2.07. The van der Waals surface area contributed by atoms with Crippen molar-refractivity contribution in [2.75, 3.05) is 6.54 Å². The molecule has 1 aromatic carbocycles. The number of ether oxygens (including phenoxy) is 1. The number of benzene rings is 1. The van der Waals surface area contributed by atoms with E-state index in [0.29, 0.717) is 13.1 Å². The molecule has 0 aromatic heterocycles. The van der Waals surface area contributed by atoms with Crippen molar-refractivity contribution < 1.29 is 14.6 Å². The molecule has 0 aliphatic carbocycles. The number of carboxylic acids is 1. The molecular weight excluding hydrogens is 244 g/mol. The van der Waals surface area contributed by atoms with Crippen molar-refractivity contribution in [1.82, 2.24) is 5.32 Å². The minimum atomic E-state index is -0.871. The monoisotopic (exact) mass is 266 g/mol. The van der Waals surface area contributed by atoms with Crippen LogP contribution in [0.2, 0.25) is 0 Å². The molecule has 106 valence electrons. The van der Waals surface area contributed by atoms with Crippen LogP contribution in [0.4, 0.5) is 0 Å². The van der Waals surface area contributed by atoms with Crippen LogP contribution >= 0.6 is 0 Å². The van der Waals surface area contributed by atoms with E-state index in [4.69, 9.17) is 15.6 Å². The average molecular weight is 266 g/mol. The van der Waals surface area contributed by atoms with Crippen molar-refractivity contribution in [1.29, 1.82) is 0 Å². The van der Waals surface area contributed by atoms with Gasteiger partial charge in [-0.3, -0.25) is 4.79 Å². The molecule has 0 heterocycles. The molecule has 1 unspecified atom stereocenters. The quantitative estimate of drug-likeness (QED) is 0.661. The predicted molar refractivity (Wildman–Crippen MR) is 74.1 cm³/mol. The van der Waals surface area contributed by atoms with Gasteiger partial charge < -0.3 is 20.9 Å². The standard InChI is InChI=1S/C14H22N2O3/c1-10(2)19-13-5-3-11(4-6-13)8-16-9-12(15)7-14(17)18/h3-6,10,12,16H,7-9,15H2,1-2H3,(H,17,18). The van der Waals surface area contributed by atoms with Crippen LogP contribution in [0.25, 0.3) is 0 Å². The summed E-state index contributed by atoms with van der Waals surface area (Å²) in [6.07, 6.45) is 0.145. The lowest BCUT2D eigenvalue weighted by Crippen LogP contribution is -2.35. The maximum atomic E-state index is 10.4. The van der Waals surface area contributed by atoms with Crippen LogP contribution in [0.15, 0.2) is 24.3 Å². The first-order valence-electron chi connectivity index (χ1n) is 6.41. The van der Waals surface area contributed by atoms with Gasteiger partial charge in [-0.05, 0) is 31.5 Å². The minimum absolute atomic E-state index is 0.0197. The number of hydrogen-bond donors (Lipinski definition) is 3. The number of aliphatic carboxylic acids is 1. The van der Waals surface area contributed by atoms with Gasteiger partial charge in [0.15, 0.2) is 0 Å². The van der Waals surface area contributed by atoms with Gasteiger partial charge in [0.05, 0.1) is 12.5 Å². The van der Waals surface area contributed by atoms with E-state index in [-0.39, 0.29) is 18.6 Å². The molecule has 0 aliphatic heterocycles. The molecule has 0 fully saturated rings. The molecule has 0 saturated heterocycles. The highest BCUT2D eigenvalue weighted by Crippen LogP contribution is 2.13. The Balaban J connectivity index is 2.31. The summed E-state index contributed by atoms with van der Waals surface area (Å²) in [5.74, 6) is -0.0224. The van der Waals surface area contributed by atoms with Gasteiger partial charge in [-0.1, -0.05) is 12.1 Å². The smallest absolute Gasteiger partial charge is 0.304 e. The normalized spacial score (nSPS) is 12.4. The molecule has 19 heavy (non-hydrogen) atoms. The first-order valence-corrected chi connectivity index (χ1v) is 6.41. The first-order chi connectivity index (χ1) is 8.97. The highest BCUT2D eigenvalue weighted by molar-refractivity contribution is 5.67. The Kier molecular flexibility index (Phi) is 6.32. The van der Waals surface area contributed by atoms with Crippen molar-refractivity contribution >= 4 is 5.97 Å². The summed E-state index contributed by atoms with van der Waals surface area (Å²) >= 11 is 0. The van der Waals surface area contributed by atoms with Crippen molar-refractivity contribution in [2.24, 2.45) is 5.73 Å². The SMILES string of the molecule is CC(C)Oc1ccc(CNCC(N)CC(=O)O)cc1. The third kappa shape index (κ3) is 6.79.